The van der Waals surface area contributed by atoms with Crippen molar-refractivity contribution in [2.75, 3.05) is 13.7 Å². The first-order valence-corrected chi connectivity index (χ1v) is 9.81. The molecule has 1 spiro atoms. The zero-order chi connectivity index (χ0) is 21.0. The minimum absolute atomic E-state index is 0.0387. The van der Waals surface area contributed by atoms with Crippen molar-refractivity contribution >= 4 is 35.4 Å². The minimum atomic E-state index is -0.747. The van der Waals surface area contributed by atoms with Crippen LogP contribution in [0.4, 0.5) is 4.79 Å². The van der Waals surface area contributed by atoms with Crippen LogP contribution in [0.1, 0.15) is 48.9 Å². The van der Waals surface area contributed by atoms with Crippen molar-refractivity contribution in [1.29, 1.82) is 0 Å². The van der Waals surface area contributed by atoms with Gasteiger partial charge < -0.3 is 10.1 Å². The van der Waals surface area contributed by atoms with Crippen molar-refractivity contribution in [3.8, 4) is 5.75 Å². The highest BCUT2D eigenvalue weighted by molar-refractivity contribution is 6.31. The van der Waals surface area contributed by atoms with Gasteiger partial charge in [0.05, 0.1) is 12.7 Å². The maximum absolute atomic E-state index is 12.5. The fourth-order valence-corrected chi connectivity index (χ4v) is 3.88. The molecule has 1 aromatic rings. The normalized spacial score (nSPS) is 17.4. The number of methoxy groups -OCH3 is 1. The van der Waals surface area contributed by atoms with Gasteiger partial charge in [0.2, 0.25) is 5.91 Å². The third-order valence-corrected chi connectivity index (χ3v) is 5.45. The predicted octanol–water partition coefficient (Wildman–Crippen LogP) is 1.75. The maximum atomic E-state index is 12.5. The first-order chi connectivity index (χ1) is 13.9. The average Bonchev–Trinajstić information content (AvgIpc) is 3.26. The Morgan fingerprint density at radius 1 is 1.24 bits per heavy atom. The molecule has 1 aliphatic heterocycles. The first-order valence-electron chi connectivity index (χ1n) is 9.43. The maximum Gasteiger partial charge on any atom is 0.325 e. The van der Waals surface area contributed by atoms with Crippen LogP contribution in [-0.2, 0) is 9.59 Å². The lowest BCUT2D eigenvalue weighted by Crippen LogP contribution is -2.44. The van der Waals surface area contributed by atoms with Crippen LogP contribution in [-0.4, -0.2) is 47.8 Å². The Kier molecular flexibility index (Phi) is 6.26. The SMILES string of the molecule is COc1ccc(Cl)cc1C(=O)NNC(=O)CCCN1C(=O)NC2(CCCC2)C1=O. The highest BCUT2D eigenvalue weighted by Gasteiger charge is 2.52. The Morgan fingerprint density at radius 3 is 2.66 bits per heavy atom. The van der Waals surface area contributed by atoms with Gasteiger partial charge in [-0.3, -0.25) is 30.1 Å². The molecule has 5 amide bonds. The van der Waals surface area contributed by atoms with E-state index >= 15 is 0 Å². The largest absolute Gasteiger partial charge is 0.496 e. The van der Waals surface area contributed by atoms with Crippen LogP contribution in [0.3, 0.4) is 0 Å². The summed E-state index contributed by atoms with van der Waals surface area (Å²) in [5.74, 6) is -0.903. The molecule has 3 N–H and O–H groups in total. The molecule has 0 radical (unpaired) electrons. The lowest BCUT2D eigenvalue weighted by molar-refractivity contribution is -0.131. The number of imide groups is 1. The number of ether oxygens (including phenoxy) is 1. The van der Waals surface area contributed by atoms with Gasteiger partial charge in [-0.05, 0) is 37.5 Å². The van der Waals surface area contributed by atoms with E-state index in [0.717, 1.165) is 12.8 Å². The van der Waals surface area contributed by atoms with Crippen molar-refractivity contribution in [2.45, 2.75) is 44.1 Å². The molecule has 1 saturated heterocycles. The summed E-state index contributed by atoms with van der Waals surface area (Å²) in [7, 11) is 1.42. The van der Waals surface area contributed by atoms with Gasteiger partial charge in [-0.1, -0.05) is 24.4 Å². The molecule has 1 saturated carbocycles. The van der Waals surface area contributed by atoms with Crippen LogP contribution in [0, 0.1) is 0 Å². The van der Waals surface area contributed by atoms with Crippen LogP contribution in [0.15, 0.2) is 18.2 Å². The quantitative estimate of drug-likeness (QED) is 0.477. The van der Waals surface area contributed by atoms with Crippen LogP contribution in [0.25, 0.3) is 0 Å². The molecule has 0 aromatic heterocycles. The van der Waals surface area contributed by atoms with Gasteiger partial charge >= 0.3 is 6.03 Å². The highest BCUT2D eigenvalue weighted by Crippen LogP contribution is 2.35. The average molecular weight is 423 g/mol. The summed E-state index contributed by atoms with van der Waals surface area (Å²) in [5, 5.41) is 3.16. The number of nitrogens with zero attached hydrogens (tertiary/aromatic N) is 1. The fourth-order valence-electron chi connectivity index (χ4n) is 3.71. The summed E-state index contributed by atoms with van der Waals surface area (Å²) in [6.07, 6.45) is 3.48. The molecule has 1 aliphatic carbocycles. The van der Waals surface area contributed by atoms with Crippen molar-refractivity contribution in [3.63, 3.8) is 0 Å². The topological polar surface area (TPSA) is 117 Å². The molecule has 2 aliphatic rings. The monoisotopic (exact) mass is 422 g/mol. The number of carbonyl (C=O) groups is 4. The lowest BCUT2D eigenvalue weighted by Gasteiger charge is -2.19. The Labute approximate surface area is 173 Å². The summed E-state index contributed by atoms with van der Waals surface area (Å²) in [6.45, 7) is 0.149. The molecule has 10 heteroatoms. The number of benzene rings is 1. The second kappa shape index (κ2) is 8.69. The Bertz CT molecular complexity index is 838. The summed E-state index contributed by atoms with van der Waals surface area (Å²) < 4.78 is 5.10. The van der Waals surface area contributed by atoms with E-state index in [0.29, 0.717) is 23.6 Å². The molecule has 2 fully saturated rings. The number of nitrogens with one attached hydrogen (secondary N) is 3. The second-order valence-electron chi connectivity index (χ2n) is 7.13. The van der Waals surface area contributed by atoms with Gasteiger partial charge in [-0.15, -0.1) is 0 Å². The number of amides is 5. The summed E-state index contributed by atoms with van der Waals surface area (Å²) in [6, 6.07) is 4.16. The molecule has 1 aromatic carbocycles. The van der Waals surface area contributed by atoms with Gasteiger partial charge in [-0.25, -0.2) is 4.79 Å². The molecule has 1 heterocycles. The molecule has 29 heavy (non-hydrogen) atoms. The van der Waals surface area contributed by atoms with Crippen LogP contribution >= 0.6 is 11.6 Å². The van der Waals surface area contributed by atoms with E-state index < -0.39 is 23.4 Å². The van der Waals surface area contributed by atoms with Crippen LogP contribution in [0.5, 0.6) is 5.75 Å². The van der Waals surface area contributed by atoms with Gasteiger partial charge in [0.15, 0.2) is 0 Å². The predicted molar refractivity (Wildman–Crippen MR) is 104 cm³/mol. The van der Waals surface area contributed by atoms with E-state index in [1.165, 1.54) is 18.1 Å². The number of hydrogen-bond donors (Lipinski definition) is 3. The second-order valence-corrected chi connectivity index (χ2v) is 7.56. The van der Waals surface area contributed by atoms with Crippen molar-refractivity contribution < 1.29 is 23.9 Å². The van der Waals surface area contributed by atoms with Gasteiger partial charge in [-0.2, -0.15) is 0 Å². The number of urea groups is 1. The van der Waals surface area contributed by atoms with Gasteiger partial charge in [0.25, 0.3) is 11.8 Å². The summed E-state index contributed by atoms with van der Waals surface area (Å²) in [4.78, 5) is 50.0. The van der Waals surface area contributed by atoms with E-state index in [4.69, 9.17) is 16.3 Å². The summed E-state index contributed by atoms with van der Waals surface area (Å²) >= 11 is 5.89. The minimum Gasteiger partial charge on any atom is -0.496 e. The third kappa shape index (κ3) is 4.45. The fraction of sp³-hybridized carbons (Fsp3) is 0.474. The number of halogens is 1. The number of carbonyl (C=O) groups excluding carboxylic acids is 4. The third-order valence-electron chi connectivity index (χ3n) is 5.21. The van der Waals surface area contributed by atoms with Gasteiger partial charge in [0, 0.05) is 18.0 Å². The highest BCUT2D eigenvalue weighted by atomic mass is 35.5. The zero-order valence-electron chi connectivity index (χ0n) is 16.0. The smallest absolute Gasteiger partial charge is 0.325 e. The molecule has 9 nitrogen and oxygen atoms in total. The number of hydrazine groups is 1. The standard InChI is InChI=1S/C19H23ClN4O5/c1-29-14-7-6-12(20)11-13(14)16(26)23-22-15(25)5-4-10-24-17(27)19(21-18(24)28)8-2-3-9-19/h6-7,11H,2-5,8-10H2,1H3,(H,21,28)(H,22,25)(H,23,26). The molecule has 3 rings (SSSR count). The van der Waals surface area contributed by atoms with E-state index in [1.54, 1.807) is 12.1 Å². The molecule has 0 atom stereocenters. The molecule has 0 bridgehead atoms. The first kappa shape index (κ1) is 20.9. The van der Waals surface area contributed by atoms with Crippen LogP contribution in [0.2, 0.25) is 5.02 Å². The Hall–Kier alpha value is -2.81. The molecular formula is C19H23ClN4O5. The Balaban J connectivity index is 1.45. The van der Waals surface area contributed by atoms with Gasteiger partial charge in [0.1, 0.15) is 11.3 Å². The number of rotatable bonds is 6. The van der Waals surface area contributed by atoms with Crippen molar-refractivity contribution in [3.05, 3.63) is 28.8 Å². The van der Waals surface area contributed by atoms with Crippen molar-refractivity contribution in [1.82, 2.24) is 21.1 Å². The van der Waals surface area contributed by atoms with E-state index in [9.17, 15) is 19.2 Å². The molecule has 156 valence electrons. The molecular weight excluding hydrogens is 400 g/mol. The zero-order valence-corrected chi connectivity index (χ0v) is 16.8. The lowest BCUT2D eigenvalue weighted by atomic mass is 9.98. The Morgan fingerprint density at radius 2 is 1.97 bits per heavy atom. The number of hydrogen-bond acceptors (Lipinski definition) is 5. The van der Waals surface area contributed by atoms with E-state index in [2.05, 4.69) is 16.2 Å². The van der Waals surface area contributed by atoms with E-state index in [-0.39, 0.29) is 30.9 Å². The van der Waals surface area contributed by atoms with E-state index in [1.807, 2.05) is 0 Å². The molecule has 0 unspecified atom stereocenters. The van der Waals surface area contributed by atoms with Crippen molar-refractivity contribution in [2.24, 2.45) is 0 Å². The summed E-state index contributed by atoms with van der Waals surface area (Å²) in [5.41, 5.74) is 4.04. The van der Waals surface area contributed by atoms with Crippen LogP contribution < -0.4 is 20.9 Å².